The fraction of sp³-hybridized carbons (Fsp3) is 0.438. The van der Waals surface area contributed by atoms with Gasteiger partial charge in [0.15, 0.2) is 11.0 Å². The molecule has 1 aromatic carbocycles. The van der Waals surface area contributed by atoms with Crippen LogP contribution in [0.3, 0.4) is 0 Å². The van der Waals surface area contributed by atoms with Crippen molar-refractivity contribution in [2.45, 2.75) is 28.7 Å². The number of carboxylic acid groups (broad SMARTS) is 1. The maximum Gasteiger partial charge on any atom is 0.334 e. The molecule has 2 amide bonds. The standard InChI is InChI=1S/C16H16N2O5S/c19-13-5-6-16(18(13)10-3-1-2-4-12(10)24-16)15(22)17-7-8-23-11(9-17)14(20)21/h1-4,11H,5-9H2,(H,20,21). The number of carbonyl (C=O) groups is 3. The second kappa shape index (κ2) is 5.49. The number of aliphatic carboxylic acids is 1. The Hall–Kier alpha value is -2.06. The number of hydrogen-bond acceptors (Lipinski definition) is 5. The summed E-state index contributed by atoms with van der Waals surface area (Å²) in [5, 5.41) is 9.14. The topological polar surface area (TPSA) is 87.2 Å². The van der Waals surface area contributed by atoms with Crippen molar-refractivity contribution in [2.75, 3.05) is 24.6 Å². The number of morpholine rings is 1. The number of para-hydroxylation sites is 1. The van der Waals surface area contributed by atoms with E-state index in [0.717, 1.165) is 10.6 Å². The molecular weight excluding hydrogens is 332 g/mol. The molecule has 1 N–H and O–H groups in total. The predicted molar refractivity (Wildman–Crippen MR) is 85.7 cm³/mol. The van der Waals surface area contributed by atoms with E-state index in [0.29, 0.717) is 19.4 Å². The van der Waals surface area contributed by atoms with E-state index in [4.69, 9.17) is 9.84 Å². The van der Waals surface area contributed by atoms with Crippen molar-refractivity contribution in [1.29, 1.82) is 0 Å². The molecule has 0 bridgehead atoms. The molecule has 0 saturated carbocycles. The number of rotatable bonds is 2. The fourth-order valence-corrected chi connectivity index (χ4v) is 5.00. The van der Waals surface area contributed by atoms with Gasteiger partial charge in [0.1, 0.15) is 0 Å². The summed E-state index contributed by atoms with van der Waals surface area (Å²) in [5.74, 6) is -1.35. The van der Waals surface area contributed by atoms with Crippen LogP contribution in [-0.4, -0.2) is 58.5 Å². The lowest BCUT2D eigenvalue weighted by molar-refractivity contribution is -0.160. The summed E-state index contributed by atoms with van der Waals surface area (Å²) >= 11 is 1.39. The summed E-state index contributed by atoms with van der Waals surface area (Å²) < 4.78 is 5.19. The highest BCUT2D eigenvalue weighted by atomic mass is 32.2. The van der Waals surface area contributed by atoms with Crippen molar-refractivity contribution < 1.29 is 24.2 Å². The number of anilines is 1. The van der Waals surface area contributed by atoms with Crippen LogP contribution in [0.15, 0.2) is 29.2 Å². The zero-order valence-electron chi connectivity index (χ0n) is 12.8. The molecule has 7 nitrogen and oxygen atoms in total. The second-order valence-electron chi connectivity index (χ2n) is 6.03. The Morgan fingerprint density at radius 1 is 1.33 bits per heavy atom. The Balaban J connectivity index is 1.66. The van der Waals surface area contributed by atoms with Crippen molar-refractivity contribution >= 4 is 35.2 Å². The molecule has 0 spiro atoms. The van der Waals surface area contributed by atoms with Crippen molar-refractivity contribution in [3.8, 4) is 0 Å². The minimum atomic E-state index is -1.08. The van der Waals surface area contributed by atoms with E-state index in [9.17, 15) is 14.4 Å². The van der Waals surface area contributed by atoms with Gasteiger partial charge < -0.3 is 14.7 Å². The average molecular weight is 348 g/mol. The molecule has 0 aliphatic carbocycles. The number of hydrogen-bond donors (Lipinski definition) is 1. The van der Waals surface area contributed by atoms with E-state index >= 15 is 0 Å². The highest BCUT2D eigenvalue weighted by Gasteiger charge is 2.58. The first-order chi connectivity index (χ1) is 11.5. The molecule has 8 heteroatoms. The third-order valence-electron chi connectivity index (χ3n) is 4.64. The highest BCUT2D eigenvalue weighted by molar-refractivity contribution is 8.02. The SMILES string of the molecule is O=C(O)C1CN(C(=O)C23CCC(=O)N2c2ccccc2S3)CCO1. The molecule has 3 heterocycles. The molecule has 2 unspecified atom stereocenters. The highest BCUT2D eigenvalue weighted by Crippen LogP contribution is 2.56. The van der Waals surface area contributed by atoms with Gasteiger partial charge in [0.25, 0.3) is 5.91 Å². The summed E-state index contributed by atoms with van der Waals surface area (Å²) in [7, 11) is 0. The minimum absolute atomic E-state index is 0.00878. The zero-order valence-corrected chi connectivity index (χ0v) is 13.6. The van der Waals surface area contributed by atoms with Crippen LogP contribution in [0.4, 0.5) is 5.69 Å². The van der Waals surface area contributed by atoms with Crippen LogP contribution in [-0.2, 0) is 19.1 Å². The third-order valence-corrected chi connectivity index (χ3v) is 6.10. The van der Waals surface area contributed by atoms with Crippen molar-refractivity contribution in [2.24, 2.45) is 0 Å². The van der Waals surface area contributed by atoms with Crippen LogP contribution in [0.5, 0.6) is 0 Å². The Labute approximate surface area is 142 Å². The van der Waals surface area contributed by atoms with Gasteiger partial charge in [-0.05, 0) is 18.6 Å². The minimum Gasteiger partial charge on any atom is -0.479 e. The first-order valence-corrected chi connectivity index (χ1v) is 8.59. The largest absolute Gasteiger partial charge is 0.479 e. The summed E-state index contributed by atoms with van der Waals surface area (Å²) in [6.07, 6.45) is -0.266. The van der Waals surface area contributed by atoms with Crippen LogP contribution in [0.2, 0.25) is 0 Å². The van der Waals surface area contributed by atoms with Gasteiger partial charge >= 0.3 is 5.97 Å². The first kappa shape index (κ1) is 15.5. The van der Waals surface area contributed by atoms with Gasteiger partial charge in [-0.15, -0.1) is 0 Å². The fourth-order valence-electron chi connectivity index (χ4n) is 3.51. The van der Waals surface area contributed by atoms with Gasteiger partial charge in [-0.25, -0.2) is 4.79 Å². The lowest BCUT2D eigenvalue weighted by Crippen LogP contribution is -2.58. The van der Waals surface area contributed by atoms with Gasteiger partial charge in [-0.3, -0.25) is 14.5 Å². The van der Waals surface area contributed by atoms with E-state index < -0.39 is 16.9 Å². The second-order valence-corrected chi connectivity index (χ2v) is 7.35. The molecule has 4 rings (SSSR count). The van der Waals surface area contributed by atoms with Crippen molar-refractivity contribution in [1.82, 2.24) is 4.90 Å². The smallest absolute Gasteiger partial charge is 0.334 e. The summed E-state index contributed by atoms with van der Waals surface area (Å²) in [6, 6.07) is 7.48. The van der Waals surface area contributed by atoms with E-state index in [1.165, 1.54) is 16.7 Å². The number of carbonyl (C=O) groups excluding carboxylic acids is 2. The molecule has 126 valence electrons. The Bertz CT molecular complexity index is 739. The summed E-state index contributed by atoms with van der Waals surface area (Å²) in [6.45, 7) is 0.530. The quantitative estimate of drug-likeness (QED) is 0.855. The predicted octanol–water partition coefficient (Wildman–Crippen LogP) is 0.927. The number of nitrogens with zero attached hydrogens (tertiary/aromatic N) is 2. The Morgan fingerprint density at radius 2 is 2.12 bits per heavy atom. The number of thioether (sulfide) groups is 1. The number of benzene rings is 1. The maximum atomic E-state index is 13.2. The number of ether oxygens (including phenoxy) is 1. The monoisotopic (exact) mass is 348 g/mol. The lowest BCUT2D eigenvalue weighted by Gasteiger charge is -2.38. The van der Waals surface area contributed by atoms with E-state index in [1.807, 2.05) is 24.3 Å². The van der Waals surface area contributed by atoms with E-state index in [2.05, 4.69) is 0 Å². The number of fused-ring (bicyclic) bond motifs is 3. The molecule has 0 radical (unpaired) electrons. The normalized spacial score (nSPS) is 28.7. The lowest BCUT2D eigenvalue weighted by atomic mass is 10.1. The van der Waals surface area contributed by atoms with E-state index in [-0.39, 0.29) is 25.0 Å². The van der Waals surface area contributed by atoms with Crippen LogP contribution < -0.4 is 4.90 Å². The van der Waals surface area contributed by atoms with Gasteiger partial charge in [-0.1, -0.05) is 23.9 Å². The van der Waals surface area contributed by atoms with Gasteiger partial charge in [-0.2, -0.15) is 0 Å². The number of amides is 2. The Kier molecular flexibility index (Phi) is 3.54. The molecule has 2 atom stereocenters. The summed E-state index contributed by atoms with van der Waals surface area (Å²) in [5.41, 5.74) is 0.765. The molecule has 0 aromatic heterocycles. The van der Waals surface area contributed by atoms with Gasteiger partial charge in [0.05, 0.1) is 18.8 Å². The molecule has 1 aromatic rings. The first-order valence-electron chi connectivity index (χ1n) is 7.78. The van der Waals surface area contributed by atoms with Crippen LogP contribution in [0.25, 0.3) is 0 Å². The van der Waals surface area contributed by atoms with Crippen LogP contribution in [0.1, 0.15) is 12.8 Å². The summed E-state index contributed by atoms with van der Waals surface area (Å²) in [4.78, 5) is 39.9. The number of carboxylic acids is 1. The molecule has 2 saturated heterocycles. The van der Waals surface area contributed by atoms with E-state index in [1.54, 1.807) is 4.90 Å². The molecule has 3 aliphatic rings. The molecule has 24 heavy (non-hydrogen) atoms. The van der Waals surface area contributed by atoms with Crippen molar-refractivity contribution in [3.63, 3.8) is 0 Å². The van der Waals surface area contributed by atoms with Crippen molar-refractivity contribution in [3.05, 3.63) is 24.3 Å². The Morgan fingerprint density at radius 3 is 2.92 bits per heavy atom. The zero-order chi connectivity index (χ0) is 16.9. The van der Waals surface area contributed by atoms with Gasteiger partial charge in [0.2, 0.25) is 5.91 Å². The molecule has 3 aliphatic heterocycles. The third kappa shape index (κ3) is 2.13. The van der Waals surface area contributed by atoms with Gasteiger partial charge in [0, 0.05) is 17.9 Å². The maximum absolute atomic E-state index is 13.2. The average Bonchev–Trinajstić information content (AvgIpc) is 3.10. The van der Waals surface area contributed by atoms with Crippen LogP contribution in [0, 0.1) is 0 Å². The molecule has 2 fully saturated rings. The van der Waals surface area contributed by atoms with Crippen LogP contribution >= 0.6 is 11.8 Å². The molecular formula is C16H16N2O5S.